The van der Waals surface area contributed by atoms with Crippen molar-refractivity contribution in [2.75, 3.05) is 5.32 Å². The Balaban J connectivity index is 1.40. The highest BCUT2D eigenvalue weighted by Crippen LogP contribution is 2.30. The Hall–Kier alpha value is -4.52. The Morgan fingerprint density at radius 3 is 2.85 bits per heavy atom. The van der Waals surface area contributed by atoms with Gasteiger partial charge in [0.1, 0.15) is 29.3 Å². The van der Waals surface area contributed by atoms with Gasteiger partial charge in [-0.15, -0.1) is 0 Å². The van der Waals surface area contributed by atoms with E-state index in [0.29, 0.717) is 12.2 Å². The maximum absolute atomic E-state index is 11.8. The van der Waals surface area contributed by atoms with E-state index in [1.54, 1.807) is 6.20 Å². The molecule has 0 saturated carbocycles. The Morgan fingerprint density at radius 1 is 1.09 bits per heavy atom. The lowest BCUT2D eigenvalue weighted by Gasteiger charge is -2.13. The first-order chi connectivity index (χ1) is 16.1. The van der Waals surface area contributed by atoms with E-state index in [1.807, 2.05) is 72.2 Å². The number of pyridine rings is 1. The fourth-order valence-corrected chi connectivity index (χ4v) is 3.65. The molecule has 0 aliphatic carbocycles. The summed E-state index contributed by atoms with van der Waals surface area (Å²) in [5, 5.41) is 4.21. The lowest BCUT2D eigenvalue weighted by molar-refractivity contribution is -0.114. The van der Waals surface area contributed by atoms with Crippen LogP contribution in [0.1, 0.15) is 11.1 Å². The van der Waals surface area contributed by atoms with Gasteiger partial charge in [-0.05, 0) is 60.5 Å². The molecule has 5 aromatic rings. The first-order valence-electron chi connectivity index (χ1n) is 10.5. The van der Waals surface area contributed by atoms with E-state index in [-0.39, 0.29) is 5.78 Å². The van der Waals surface area contributed by atoms with Crippen molar-refractivity contribution in [1.29, 1.82) is 0 Å². The van der Waals surface area contributed by atoms with Crippen molar-refractivity contribution >= 4 is 33.8 Å². The van der Waals surface area contributed by atoms with Gasteiger partial charge in [0.2, 0.25) is 0 Å². The zero-order chi connectivity index (χ0) is 22.8. The highest BCUT2D eigenvalue weighted by atomic mass is 16.5. The molecule has 162 valence electrons. The molecule has 0 atom stereocenters. The van der Waals surface area contributed by atoms with Crippen LogP contribution in [0.3, 0.4) is 0 Å². The quantitative estimate of drug-likeness (QED) is 0.344. The number of ether oxygens (including phenoxy) is 1. The van der Waals surface area contributed by atoms with Crippen LogP contribution >= 0.6 is 0 Å². The number of aryl methyl sites for hydroxylation is 1. The fourth-order valence-electron chi connectivity index (χ4n) is 3.65. The molecule has 7 heteroatoms. The first kappa shape index (κ1) is 20.4. The Morgan fingerprint density at radius 2 is 2.00 bits per heavy atom. The number of benzene rings is 2. The van der Waals surface area contributed by atoms with Gasteiger partial charge in [-0.25, -0.2) is 15.0 Å². The van der Waals surface area contributed by atoms with Gasteiger partial charge < -0.3 is 14.5 Å². The van der Waals surface area contributed by atoms with Crippen LogP contribution in [0.4, 0.5) is 11.5 Å². The summed E-state index contributed by atoms with van der Waals surface area (Å²) in [7, 11) is 0. The zero-order valence-corrected chi connectivity index (χ0v) is 18.0. The molecule has 0 radical (unpaired) electrons. The van der Waals surface area contributed by atoms with Gasteiger partial charge in [0.15, 0.2) is 5.78 Å². The van der Waals surface area contributed by atoms with Gasteiger partial charge in [0.25, 0.3) is 0 Å². The minimum atomic E-state index is -0.0289. The average molecular weight is 435 g/mol. The third-order valence-corrected chi connectivity index (χ3v) is 5.34. The third-order valence-electron chi connectivity index (χ3n) is 5.34. The van der Waals surface area contributed by atoms with Crippen LogP contribution in [0.25, 0.3) is 16.6 Å². The molecule has 0 saturated heterocycles. The van der Waals surface area contributed by atoms with Crippen LogP contribution in [0, 0.1) is 6.92 Å². The number of fused-ring (bicyclic) bond motifs is 2. The summed E-state index contributed by atoms with van der Waals surface area (Å²) in [6, 6.07) is 15.4. The number of rotatable bonds is 7. The molecule has 5 rings (SSSR count). The summed E-state index contributed by atoms with van der Waals surface area (Å²) in [5.41, 5.74) is 4.36. The van der Waals surface area contributed by atoms with Gasteiger partial charge in [-0.3, -0.25) is 4.79 Å². The first-order valence-corrected chi connectivity index (χ1v) is 10.5. The Bertz CT molecular complexity index is 1510. The molecule has 0 unspecified atom stereocenters. The lowest BCUT2D eigenvalue weighted by atomic mass is 10.1. The molecule has 0 fully saturated rings. The van der Waals surface area contributed by atoms with Crippen LogP contribution in [-0.4, -0.2) is 25.1 Å². The SMILES string of the molecule is C=CC(=O)Cc1ccc2ncnc(Nc3ccc(Oc4ccn5ccnc5c4)c(C)c3)c2c1. The number of ketones is 1. The van der Waals surface area contributed by atoms with E-state index < -0.39 is 0 Å². The van der Waals surface area contributed by atoms with E-state index in [2.05, 4.69) is 26.8 Å². The molecular weight excluding hydrogens is 414 g/mol. The van der Waals surface area contributed by atoms with E-state index in [9.17, 15) is 4.79 Å². The largest absolute Gasteiger partial charge is 0.457 e. The zero-order valence-electron chi connectivity index (χ0n) is 18.0. The number of hydrogen-bond donors (Lipinski definition) is 1. The van der Waals surface area contributed by atoms with Crippen LogP contribution in [-0.2, 0) is 11.2 Å². The second-order valence-corrected chi connectivity index (χ2v) is 7.68. The number of allylic oxidation sites excluding steroid dienone is 1. The van der Waals surface area contributed by atoms with Gasteiger partial charge in [-0.1, -0.05) is 12.6 Å². The van der Waals surface area contributed by atoms with Crippen LogP contribution in [0.5, 0.6) is 11.5 Å². The number of anilines is 2. The minimum absolute atomic E-state index is 0.0289. The molecule has 3 heterocycles. The number of carbonyl (C=O) groups excluding carboxylic acids is 1. The minimum Gasteiger partial charge on any atom is -0.457 e. The van der Waals surface area contributed by atoms with E-state index in [4.69, 9.17) is 4.74 Å². The van der Waals surface area contributed by atoms with Gasteiger partial charge in [-0.2, -0.15) is 0 Å². The van der Waals surface area contributed by atoms with Crippen molar-refractivity contribution in [1.82, 2.24) is 19.4 Å². The van der Waals surface area contributed by atoms with Crippen molar-refractivity contribution < 1.29 is 9.53 Å². The van der Waals surface area contributed by atoms with Crippen LogP contribution in [0.2, 0.25) is 0 Å². The number of nitrogens with zero attached hydrogens (tertiary/aromatic N) is 4. The highest BCUT2D eigenvalue weighted by molar-refractivity contribution is 5.94. The normalized spacial score (nSPS) is 10.9. The summed E-state index contributed by atoms with van der Waals surface area (Å²) >= 11 is 0. The van der Waals surface area contributed by atoms with E-state index in [1.165, 1.54) is 12.4 Å². The third kappa shape index (κ3) is 4.29. The van der Waals surface area contributed by atoms with E-state index >= 15 is 0 Å². The van der Waals surface area contributed by atoms with Crippen molar-refractivity contribution in [2.24, 2.45) is 0 Å². The topological polar surface area (TPSA) is 81.4 Å². The van der Waals surface area contributed by atoms with Gasteiger partial charge in [0, 0.05) is 42.2 Å². The number of carbonyl (C=O) groups is 1. The molecule has 0 aliphatic rings. The van der Waals surface area contributed by atoms with Crippen molar-refractivity contribution in [3.8, 4) is 11.5 Å². The van der Waals surface area contributed by atoms with Crippen LogP contribution < -0.4 is 10.1 Å². The van der Waals surface area contributed by atoms with Crippen LogP contribution in [0.15, 0.2) is 86.1 Å². The average Bonchev–Trinajstić information content (AvgIpc) is 3.29. The molecule has 2 aromatic carbocycles. The maximum Gasteiger partial charge on any atom is 0.159 e. The molecule has 7 nitrogen and oxygen atoms in total. The van der Waals surface area contributed by atoms with Crippen molar-refractivity contribution in [2.45, 2.75) is 13.3 Å². The molecular formula is C26H21N5O2. The fraction of sp³-hybridized carbons (Fsp3) is 0.0769. The summed E-state index contributed by atoms with van der Waals surface area (Å²) < 4.78 is 8.01. The number of aromatic nitrogens is 4. The molecule has 3 aromatic heterocycles. The maximum atomic E-state index is 11.8. The second kappa shape index (κ2) is 8.55. The van der Waals surface area contributed by atoms with Gasteiger partial charge in [0.05, 0.1) is 5.52 Å². The van der Waals surface area contributed by atoms with Gasteiger partial charge >= 0.3 is 0 Å². The monoisotopic (exact) mass is 435 g/mol. The smallest absolute Gasteiger partial charge is 0.159 e. The van der Waals surface area contributed by atoms with E-state index in [0.717, 1.165) is 44.9 Å². The molecule has 1 N–H and O–H groups in total. The Kier molecular flexibility index (Phi) is 5.28. The predicted octanol–water partition coefficient (Wildman–Crippen LogP) is 5.42. The molecule has 0 amide bonds. The summed E-state index contributed by atoms with van der Waals surface area (Å²) in [5.74, 6) is 2.12. The highest BCUT2D eigenvalue weighted by Gasteiger charge is 2.09. The number of imidazole rings is 1. The molecule has 0 bridgehead atoms. The lowest BCUT2D eigenvalue weighted by Crippen LogP contribution is -2.00. The molecule has 0 aliphatic heterocycles. The summed E-state index contributed by atoms with van der Waals surface area (Å²) in [4.78, 5) is 24.8. The molecule has 0 spiro atoms. The standard InChI is InChI=1S/C26H21N5O2/c1-3-20(32)13-18-4-6-23-22(14-18)26(29-16-28-23)30-19-5-7-24(17(2)12-19)33-21-8-10-31-11-9-27-25(31)15-21/h3-12,14-16H,1,13H2,2H3,(H,28,29,30). The Labute approximate surface area is 190 Å². The van der Waals surface area contributed by atoms with Crippen molar-refractivity contribution in [3.05, 3.63) is 97.2 Å². The number of hydrogen-bond acceptors (Lipinski definition) is 6. The summed E-state index contributed by atoms with van der Waals surface area (Å²) in [6.07, 6.45) is 8.72. The van der Waals surface area contributed by atoms with Crippen molar-refractivity contribution in [3.63, 3.8) is 0 Å². The number of nitrogens with one attached hydrogen (secondary N) is 1. The predicted molar refractivity (Wildman–Crippen MR) is 128 cm³/mol. The second-order valence-electron chi connectivity index (χ2n) is 7.68. The summed E-state index contributed by atoms with van der Waals surface area (Å²) in [6.45, 7) is 5.54. The molecule has 33 heavy (non-hydrogen) atoms.